The summed E-state index contributed by atoms with van der Waals surface area (Å²) in [5.74, 6) is -1.26. The zero-order chi connectivity index (χ0) is 11.6. The first-order valence-electron chi connectivity index (χ1n) is 4.47. The molecular formula is C11H13FO3. The number of ether oxygens (including phenoxy) is 1. The molecule has 0 aliphatic heterocycles. The van der Waals surface area contributed by atoms with Gasteiger partial charge in [-0.05, 0) is 19.9 Å². The maximum atomic E-state index is 13.5. The van der Waals surface area contributed by atoms with Gasteiger partial charge in [0.15, 0.2) is 0 Å². The number of carboxylic acid groups (broad SMARTS) is 1. The number of benzene rings is 1. The summed E-state index contributed by atoms with van der Waals surface area (Å²) in [6.07, 6.45) is 0. The van der Waals surface area contributed by atoms with Crippen molar-refractivity contribution in [3.63, 3.8) is 0 Å². The SMILES string of the molecule is COc1ccc(C(C)(C)C(=O)O)c(F)c1. The summed E-state index contributed by atoms with van der Waals surface area (Å²) in [5.41, 5.74) is -1.09. The summed E-state index contributed by atoms with van der Waals surface area (Å²) in [5, 5.41) is 8.95. The molecule has 0 spiro atoms. The number of methoxy groups -OCH3 is 1. The van der Waals surface area contributed by atoms with E-state index < -0.39 is 17.2 Å². The zero-order valence-corrected chi connectivity index (χ0v) is 8.87. The second kappa shape index (κ2) is 3.88. The van der Waals surface area contributed by atoms with Gasteiger partial charge in [-0.3, -0.25) is 4.79 Å². The third kappa shape index (κ3) is 2.09. The average molecular weight is 212 g/mol. The molecule has 3 nitrogen and oxygen atoms in total. The molecule has 0 aliphatic rings. The summed E-state index contributed by atoms with van der Waals surface area (Å²) in [6, 6.07) is 4.16. The van der Waals surface area contributed by atoms with Gasteiger partial charge in [0, 0.05) is 11.6 Å². The molecule has 1 aromatic carbocycles. The van der Waals surface area contributed by atoms with Crippen molar-refractivity contribution < 1.29 is 19.0 Å². The predicted octanol–water partition coefficient (Wildman–Crippen LogP) is 2.20. The molecule has 82 valence electrons. The summed E-state index contributed by atoms with van der Waals surface area (Å²) < 4.78 is 18.4. The van der Waals surface area contributed by atoms with Crippen LogP contribution >= 0.6 is 0 Å². The van der Waals surface area contributed by atoms with Crippen molar-refractivity contribution in [1.82, 2.24) is 0 Å². The van der Waals surface area contributed by atoms with Crippen LogP contribution in [0.25, 0.3) is 0 Å². The quantitative estimate of drug-likeness (QED) is 0.835. The zero-order valence-electron chi connectivity index (χ0n) is 8.87. The van der Waals surface area contributed by atoms with Crippen LogP contribution in [0.5, 0.6) is 5.75 Å². The van der Waals surface area contributed by atoms with E-state index in [0.717, 1.165) is 0 Å². The van der Waals surface area contributed by atoms with E-state index >= 15 is 0 Å². The lowest BCUT2D eigenvalue weighted by Crippen LogP contribution is -2.29. The maximum Gasteiger partial charge on any atom is 0.313 e. The fraction of sp³-hybridized carbons (Fsp3) is 0.364. The molecule has 0 aliphatic carbocycles. The van der Waals surface area contributed by atoms with Gasteiger partial charge in [-0.1, -0.05) is 6.07 Å². The van der Waals surface area contributed by atoms with Crippen LogP contribution in [0.4, 0.5) is 4.39 Å². The molecule has 0 saturated heterocycles. The van der Waals surface area contributed by atoms with Gasteiger partial charge in [0.1, 0.15) is 11.6 Å². The number of hydrogen-bond acceptors (Lipinski definition) is 2. The molecule has 0 saturated carbocycles. The fourth-order valence-electron chi connectivity index (χ4n) is 1.24. The Morgan fingerprint density at radius 1 is 1.47 bits per heavy atom. The molecule has 0 atom stereocenters. The van der Waals surface area contributed by atoms with Crippen molar-refractivity contribution in [3.05, 3.63) is 29.6 Å². The third-order valence-electron chi connectivity index (χ3n) is 2.38. The van der Waals surface area contributed by atoms with Crippen LogP contribution in [0.3, 0.4) is 0 Å². The highest BCUT2D eigenvalue weighted by Crippen LogP contribution is 2.28. The predicted molar refractivity (Wildman–Crippen MR) is 53.6 cm³/mol. The van der Waals surface area contributed by atoms with Crippen molar-refractivity contribution in [1.29, 1.82) is 0 Å². The fourth-order valence-corrected chi connectivity index (χ4v) is 1.24. The first-order chi connectivity index (χ1) is 6.89. The first kappa shape index (κ1) is 11.5. The van der Waals surface area contributed by atoms with E-state index in [-0.39, 0.29) is 5.56 Å². The molecule has 1 N–H and O–H groups in total. The number of carbonyl (C=O) groups is 1. The number of rotatable bonds is 3. The smallest absolute Gasteiger partial charge is 0.313 e. The van der Waals surface area contributed by atoms with Crippen LogP contribution in [0.2, 0.25) is 0 Å². The van der Waals surface area contributed by atoms with Gasteiger partial charge in [-0.15, -0.1) is 0 Å². The lowest BCUT2D eigenvalue weighted by molar-refractivity contribution is -0.142. The third-order valence-corrected chi connectivity index (χ3v) is 2.38. The normalized spacial score (nSPS) is 11.2. The molecule has 4 heteroatoms. The molecule has 0 heterocycles. The Balaban J connectivity index is 3.22. The lowest BCUT2D eigenvalue weighted by atomic mass is 9.84. The standard InChI is InChI=1S/C11H13FO3/c1-11(2,10(13)14)8-5-4-7(15-3)6-9(8)12/h4-6H,1-3H3,(H,13,14). The topological polar surface area (TPSA) is 46.5 Å². The van der Waals surface area contributed by atoms with Gasteiger partial charge in [-0.2, -0.15) is 0 Å². The highest BCUT2D eigenvalue weighted by Gasteiger charge is 2.32. The Morgan fingerprint density at radius 3 is 2.47 bits per heavy atom. The van der Waals surface area contributed by atoms with Crippen molar-refractivity contribution in [2.75, 3.05) is 7.11 Å². The van der Waals surface area contributed by atoms with Crippen LogP contribution in [0.15, 0.2) is 18.2 Å². The van der Waals surface area contributed by atoms with Gasteiger partial charge < -0.3 is 9.84 Å². The molecule has 0 unspecified atom stereocenters. The number of hydrogen-bond donors (Lipinski definition) is 1. The summed E-state index contributed by atoms with van der Waals surface area (Å²) in [7, 11) is 1.43. The molecule has 15 heavy (non-hydrogen) atoms. The minimum atomic E-state index is -1.24. The molecule has 0 amide bonds. The van der Waals surface area contributed by atoms with E-state index in [1.165, 1.54) is 33.1 Å². The maximum absolute atomic E-state index is 13.5. The second-order valence-corrected chi connectivity index (χ2v) is 3.78. The summed E-state index contributed by atoms with van der Waals surface area (Å²) in [6.45, 7) is 2.92. The van der Waals surface area contributed by atoms with E-state index in [4.69, 9.17) is 9.84 Å². The Labute approximate surface area is 87.5 Å². The van der Waals surface area contributed by atoms with E-state index in [0.29, 0.717) is 5.75 Å². The highest BCUT2D eigenvalue weighted by molar-refractivity contribution is 5.80. The minimum Gasteiger partial charge on any atom is -0.497 e. The van der Waals surface area contributed by atoms with Crippen molar-refractivity contribution in [2.24, 2.45) is 0 Å². The van der Waals surface area contributed by atoms with Crippen molar-refractivity contribution in [3.8, 4) is 5.75 Å². The van der Waals surface area contributed by atoms with Gasteiger partial charge in [0.25, 0.3) is 0 Å². The van der Waals surface area contributed by atoms with Crippen LogP contribution in [-0.2, 0) is 10.2 Å². The van der Waals surface area contributed by atoms with E-state index in [9.17, 15) is 9.18 Å². The lowest BCUT2D eigenvalue weighted by Gasteiger charge is -2.20. The summed E-state index contributed by atoms with van der Waals surface area (Å²) >= 11 is 0. The van der Waals surface area contributed by atoms with Crippen LogP contribution in [0.1, 0.15) is 19.4 Å². The van der Waals surface area contributed by atoms with Crippen molar-refractivity contribution >= 4 is 5.97 Å². The largest absolute Gasteiger partial charge is 0.497 e. The minimum absolute atomic E-state index is 0.149. The Kier molecular flexibility index (Phi) is 2.98. The van der Waals surface area contributed by atoms with Crippen LogP contribution < -0.4 is 4.74 Å². The molecule has 0 radical (unpaired) electrons. The van der Waals surface area contributed by atoms with E-state index in [1.807, 2.05) is 0 Å². The van der Waals surface area contributed by atoms with E-state index in [1.54, 1.807) is 6.07 Å². The van der Waals surface area contributed by atoms with Gasteiger partial charge in [0.05, 0.1) is 12.5 Å². The van der Waals surface area contributed by atoms with Crippen LogP contribution in [-0.4, -0.2) is 18.2 Å². The number of halogens is 1. The van der Waals surface area contributed by atoms with E-state index in [2.05, 4.69) is 0 Å². The number of aliphatic carboxylic acids is 1. The van der Waals surface area contributed by atoms with Crippen molar-refractivity contribution in [2.45, 2.75) is 19.3 Å². The second-order valence-electron chi connectivity index (χ2n) is 3.78. The molecule has 1 aromatic rings. The Morgan fingerprint density at radius 2 is 2.07 bits per heavy atom. The Bertz CT molecular complexity index is 385. The summed E-state index contributed by atoms with van der Waals surface area (Å²) in [4.78, 5) is 10.9. The first-order valence-corrected chi connectivity index (χ1v) is 4.47. The average Bonchev–Trinajstić information content (AvgIpc) is 2.16. The van der Waals surface area contributed by atoms with Gasteiger partial charge in [0.2, 0.25) is 0 Å². The molecular weight excluding hydrogens is 199 g/mol. The van der Waals surface area contributed by atoms with Gasteiger partial charge >= 0.3 is 5.97 Å². The molecule has 0 bridgehead atoms. The van der Waals surface area contributed by atoms with Crippen LogP contribution in [0, 0.1) is 5.82 Å². The monoisotopic (exact) mass is 212 g/mol. The number of carboxylic acids is 1. The van der Waals surface area contributed by atoms with Gasteiger partial charge in [-0.25, -0.2) is 4.39 Å². The molecule has 1 rings (SSSR count). The molecule has 0 aromatic heterocycles. The molecule has 0 fully saturated rings. The highest BCUT2D eigenvalue weighted by atomic mass is 19.1. The Hall–Kier alpha value is -1.58.